The number of pyridine rings is 2. The zero-order chi connectivity index (χ0) is 31.0. The van der Waals surface area contributed by atoms with Gasteiger partial charge in [-0.25, -0.2) is 8.42 Å². The number of anilines is 2. The number of sulfone groups is 1. The summed E-state index contributed by atoms with van der Waals surface area (Å²) in [5, 5.41) is 3.80. The first-order valence-electron chi connectivity index (χ1n) is 14.6. The first kappa shape index (κ1) is 29.2. The third kappa shape index (κ3) is 5.03. The number of hydrogen-bond donors (Lipinski definition) is 1. The highest BCUT2D eigenvalue weighted by atomic mass is 32.2. The van der Waals surface area contributed by atoms with Crippen LogP contribution in [0.15, 0.2) is 94.9 Å². The molecule has 1 aliphatic carbocycles. The molecule has 1 N–H and O–H groups in total. The third-order valence-electron chi connectivity index (χ3n) is 8.16. The van der Waals surface area contributed by atoms with Gasteiger partial charge in [0, 0.05) is 47.2 Å². The zero-order valence-electron chi connectivity index (χ0n) is 24.5. The van der Waals surface area contributed by atoms with Crippen molar-refractivity contribution in [2.45, 2.75) is 37.5 Å². The average Bonchev–Trinajstić information content (AvgIpc) is 3.04. The zero-order valence-corrected chi connectivity index (χ0v) is 25.3. The summed E-state index contributed by atoms with van der Waals surface area (Å²) in [7, 11) is -1.81. The van der Waals surface area contributed by atoms with Crippen LogP contribution in [0, 0.1) is 0 Å². The van der Waals surface area contributed by atoms with E-state index in [9.17, 15) is 22.8 Å². The van der Waals surface area contributed by atoms with E-state index in [1.54, 1.807) is 79.8 Å². The molecule has 44 heavy (non-hydrogen) atoms. The highest BCUT2D eigenvalue weighted by Crippen LogP contribution is 2.44. The summed E-state index contributed by atoms with van der Waals surface area (Å²) in [6.45, 7) is 2.08. The Balaban J connectivity index is 1.49. The number of rotatable bonds is 10. The molecule has 2 aromatic heterocycles. The Hall–Kier alpha value is -4.89. The molecule has 3 aromatic carbocycles. The minimum Gasteiger partial charge on any atom is -0.355 e. The van der Waals surface area contributed by atoms with Crippen LogP contribution in [0.5, 0.6) is 0 Å². The van der Waals surface area contributed by atoms with Gasteiger partial charge in [-0.1, -0.05) is 50.5 Å². The van der Waals surface area contributed by atoms with Gasteiger partial charge in [0.15, 0.2) is 21.4 Å². The maximum absolute atomic E-state index is 14.1. The van der Waals surface area contributed by atoms with Crippen molar-refractivity contribution in [3.05, 3.63) is 118 Å². The predicted octanol–water partition coefficient (Wildman–Crippen LogP) is 6.47. The van der Waals surface area contributed by atoms with Crippen molar-refractivity contribution in [3.8, 4) is 11.1 Å². The predicted molar refractivity (Wildman–Crippen MR) is 172 cm³/mol. The molecule has 0 fully saturated rings. The minimum absolute atomic E-state index is 0.0157. The van der Waals surface area contributed by atoms with E-state index in [0.29, 0.717) is 56.5 Å². The Morgan fingerprint density at radius 3 is 2.25 bits per heavy atom. The number of carbonyl (C=O) groups is 2. The van der Waals surface area contributed by atoms with E-state index in [-0.39, 0.29) is 22.0 Å². The lowest BCUT2D eigenvalue weighted by Gasteiger charge is -2.25. The summed E-state index contributed by atoms with van der Waals surface area (Å²) in [6, 6.07) is 20.1. The number of ketones is 2. The molecule has 0 unspecified atom stereocenters. The van der Waals surface area contributed by atoms with Crippen LogP contribution in [0.2, 0.25) is 0 Å². The fourth-order valence-corrected chi connectivity index (χ4v) is 7.24. The van der Waals surface area contributed by atoms with Crippen LogP contribution >= 0.6 is 0 Å². The van der Waals surface area contributed by atoms with Gasteiger partial charge in [0.1, 0.15) is 0 Å². The second-order valence-corrected chi connectivity index (χ2v) is 13.1. The first-order valence-corrected chi connectivity index (χ1v) is 16.3. The summed E-state index contributed by atoms with van der Waals surface area (Å²) >= 11 is 0. The second-order valence-electron chi connectivity index (χ2n) is 11.0. The third-order valence-corrected chi connectivity index (χ3v) is 9.98. The molecule has 9 heteroatoms. The largest absolute Gasteiger partial charge is 0.355 e. The number of benzene rings is 3. The number of aryl methyl sites for hydroxylation is 1. The smallest absolute Gasteiger partial charge is 0.262 e. The maximum Gasteiger partial charge on any atom is 0.262 e. The summed E-state index contributed by atoms with van der Waals surface area (Å²) < 4.78 is 27.1. The molecule has 5 aromatic rings. The van der Waals surface area contributed by atoms with Crippen LogP contribution in [-0.2, 0) is 16.9 Å². The monoisotopic (exact) mass is 605 g/mol. The molecule has 0 spiro atoms. The Kier molecular flexibility index (Phi) is 7.73. The van der Waals surface area contributed by atoms with Crippen LogP contribution in [0.25, 0.3) is 22.0 Å². The number of hydrogen-bond acceptors (Lipinski definition) is 7. The van der Waals surface area contributed by atoms with Crippen molar-refractivity contribution in [2.24, 2.45) is 7.05 Å². The van der Waals surface area contributed by atoms with E-state index in [0.717, 1.165) is 19.3 Å². The van der Waals surface area contributed by atoms with Crippen molar-refractivity contribution >= 4 is 43.7 Å². The SMILES string of the molecule is CCCCCCS(=O)(=O)c1ccc(Nc2ccc3c4c2C(=O)c2ccccc2-c4c(C(=O)c2ccncc2)c(=O)n3C)cc1. The first-order chi connectivity index (χ1) is 21.2. The van der Waals surface area contributed by atoms with E-state index in [1.807, 2.05) is 0 Å². The van der Waals surface area contributed by atoms with Gasteiger partial charge in [-0.05, 0) is 60.5 Å². The van der Waals surface area contributed by atoms with Gasteiger partial charge < -0.3 is 9.88 Å². The topological polar surface area (TPSA) is 115 Å². The molecule has 6 rings (SSSR count). The molecule has 0 bridgehead atoms. The number of carbonyl (C=O) groups excluding carboxylic acids is 2. The van der Waals surface area contributed by atoms with Crippen molar-refractivity contribution < 1.29 is 18.0 Å². The fourth-order valence-electron chi connectivity index (χ4n) is 5.87. The van der Waals surface area contributed by atoms with Gasteiger partial charge in [-0.15, -0.1) is 0 Å². The van der Waals surface area contributed by atoms with Crippen molar-refractivity contribution in [3.63, 3.8) is 0 Å². The molecule has 8 nitrogen and oxygen atoms in total. The molecule has 0 aliphatic heterocycles. The van der Waals surface area contributed by atoms with E-state index < -0.39 is 21.2 Å². The van der Waals surface area contributed by atoms with Gasteiger partial charge >= 0.3 is 0 Å². The Labute approximate surface area is 255 Å². The molecule has 0 saturated carbocycles. The maximum atomic E-state index is 14.1. The lowest BCUT2D eigenvalue weighted by molar-refractivity contribution is 0.102. The lowest BCUT2D eigenvalue weighted by Crippen LogP contribution is -2.29. The van der Waals surface area contributed by atoms with Crippen LogP contribution in [0.1, 0.15) is 64.4 Å². The van der Waals surface area contributed by atoms with Crippen LogP contribution in [0.4, 0.5) is 11.4 Å². The Morgan fingerprint density at radius 1 is 0.841 bits per heavy atom. The normalized spacial score (nSPS) is 12.3. The molecule has 1 aliphatic rings. The fraction of sp³-hybridized carbons (Fsp3) is 0.200. The Morgan fingerprint density at radius 2 is 1.55 bits per heavy atom. The number of nitrogens with zero attached hydrogens (tertiary/aromatic N) is 2. The van der Waals surface area contributed by atoms with E-state index in [2.05, 4.69) is 17.2 Å². The highest BCUT2D eigenvalue weighted by molar-refractivity contribution is 7.91. The quantitative estimate of drug-likeness (QED) is 0.141. The number of unbranched alkanes of at least 4 members (excludes halogenated alkanes) is 3. The molecule has 2 heterocycles. The summed E-state index contributed by atoms with van der Waals surface area (Å²) in [5.41, 5.74) is 3.10. The standard InChI is InChI=1S/C35H31N3O5S/c1-3-4-5-8-21-44(42,43)24-13-11-23(12-14-24)37-27-15-16-28-31-29(25-9-6-7-10-26(25)34(40)30(27)31)32(35(41)38(28)2)33(39)22-17-19-36-20-18-22/h6-7,9-20,37H,3-5,8,21H2,1-2H3. The van der Waals surface area contributed by atoms with Crippen LogP contribution < -0.4 is 10.9 Å². The number of nitrogens with one attached hydrogen (secondary N) is 1. The molecular formula is C35H31N3O5S. The van der Waals surface area contributed by atoms with E-state index >= 15 is 0 Å². The van der Waals surface area contributed by atoms with Crippen molar-refractivity contribution in [1.29, 1.82) is 0 Å². The average molecular weight is 606 g/mol. The van der Waals surface area contributed by atoms with Gasteiger partial charge in [-0.2, -0.15) is 0 Å². The van der Waals surface area contributed by atoms with Gasteiger partial charge in [-0.3, -0.25) is 19.4 Å². The van der Waals surface area contributed by atoms with Gasteiger partial charge in [0.05, 0.1) is 33.0 Å². The van der Waals surface area contributed by atoms with Crippen molar-refractivity contribution in [1.82, 2.24) is 9.55 Å². The molecule has 0 saturated heterocycles. The van der Waals surface area contributed by atoms with Gasteiger partial charge in [0.2, 0.25) is 0 Å². The van der Waals surface area contributed by atoms with Crippen molar-refractivity contribution in [2.75, 3.05) is 11.1 Å². The molecule has 0 atom stereocenters. The molecule has 222 valence electrons. The van der Waals surface area contributed by atoms with E-state index in [4.69, 9.17) is 0 Å². The number of aromatic nitrogens is 2. The minimum atomic E-state index is -3.41. The lowest BCUT2D eigenvalue weighted by atomic mass is 9.80. The van der Waals surface area contributed by atoms with Crippen LogP contribution in [0.3, 0.4) is 0 Å². The van der Waals surface area contributed by atoms with Crippen LogP contribution in [-0.4, -0.2) is 35.3 Å². The second kappa shape index (κ2) is 11.7. The summed E-state index contributed by atoms with van der Waals surface area (Å²) in [5.74, 6) is -0.594. The molecule has 0 radical (unpaired) electrons. The number of fused-ring (bicyclic) bond motifs is 2. The Bertz CT molecular complexity index is 2100. The van der Waals surface area contributed by atoms with E-state index in [1.165, 1.54) is 17.0 Å². The molecule has 0 amide bonds. The highest BCUT2D eigenvalue weighted by Gasteiger charge is 2.34. The summed E-state index contributed by atoms with van der Waals surface area (Å²) in [4.78, 5) is 46.0. The van der Waals surface area contributed by atoms with Gasteiger partial charge in [0.25, 0.3) is 5.56 Å². The molecular weight excluding hydrogens is 574 g/mol. The summed E-state index contributed by atoms with van der Waals surface area (Å²) in [6.07, 6.45) is 6.53.